The normalized spacial score (nSPS) is 19.1. The largest absolute Gasteiger partial charge is 0.481 e. The Morgan fingerprint density at radius 3 is 2.44 bits per heavy atom. The standard InChI is InChI=1S/C28H46O4Si2/c1-8-9-14-20-28(32-34(5,6)7,22-23-33(2,3)4)21-15-12-10-11-13-17-25(27(30)31)24-18-16-19-26(24)29/h15,21,24-25H,8-9,12-14,16-20H2,1-7H3,(H,30,31)/b21-15+/t24-,25+,28?/m1/s1. The van der Waals surface area contributed by atoms with E-state index in [1.165, 1.54) is 0 Å². The maximum atomic E-state index is 12.0. The molecule has 3 atom stereocenters. The highest BCUT2D eigenvalue weighted by Gasteiger charge is 2.36. The Hall–Kier alpha value is -1.61. The van der Waals surface area contributed by atoms with Crippen molar-refractivity contribution in [2.24, 2.45) is 11.8 Å². The molecular formula is C28H46O4Si2. The van der Waals surface area contributed by atoms with Gasteiger partial charge in [0, 0.05) is 25.2 Å². The van der Waals surface area contributed by atoms with Gasteiger partial charge in [0.2, 0.25) is 0 Å². The molecule has 0 aliphatic heterocycles. The topological polar surface area (TPSA) is 63.6 Å². The number of ketones is 1. The summed E-state index contributed by atoms with van der Waals surface area (Å²) in [5, 5.41) is 9.54. The first-order valence-corrected chi connectivity index (χ1v) is 19.8. The zero-order valence-corrected chi connectivity index (χ0v) is 24.6. The van der Waals surface area contributed by atoms with Crippen LogP contribution >= 0.6 is 0 Å². The van der Waals surface area contributed by atoms with Crippen LogP contribution in [-0.2, 0) is 14.0 Å². The molecule has 1 aliphatic rings. The van der Waals surface area contributed by atoms with Gasteiger partial charge in [0.25, 0.3) is 0 Å². The van der Waals surface area contributed by atoms with E-state index in [2.05, 4.69) is 81.7 Å². The fourth-order valence-corrected chi connectivity index (χ4v) is 6.14. The monoisotopic (exact) mass is 502 g/mol. The van der Waals surface area contributed by atoms with E-state index in [-0.39, 0.29) is 11.7 Å². The van der Waals surface area contributed by atoms with Gasteiger partial charge in [-0.2, -0.15) is 0 Å². The number of allylic oxidation sites excluding steroid dienone is 1. The Labute approximate surface area is 210 Å². The second kappa shape index (κ2) is 14.1. The molecule has 0 heterocycles. The molecule has 0 bridgehead atoms. The maximum Gasteiger partial charge on any atom is 0.307 e. The van der Waals surface area contributed by atoms with E-state index >= 15 is 0 Å². The molecule has 0 aromatic carbocycles. The van der Waals surface area contributed by atoms with Crippen molar-refractivity contribution in [2.45, 2.75) is 116 Å². The van der Waals surface area contributed by atoms with Crippen LogP contribution in [0.1, 0.15) is 71.1 Å². The first-order valence-electron chi connectivity index (χ1n) is 12.9. The number of aliphatic carboxylic acids is 1. The third kappa shape index (κ3) is 12.2. The zero-order chi connectivity index (χ0) is 25.8. The number of carbonyl (C=O) groups is 2. The van der Waals surface area contributed by atoms with Crippen LogP contribution in [0, 0.1) is 35.1 Å². The number of Topliss-reactive ketones (excluding diaryl/α,β-unsaturated/α-hetero) is 1. The summed E-state index contributed by atoms with van der Waals surface area (Å²) in [4.78, 5) is 23.6. The first-order chi connectivity index (χ1) is 15.8. The van der Waals surface area contributed by atoms with Gasteiger partial charge in [0.15, 0.2) is 8.32 Å². The molecule has 0 saturated heterocycles. The number of carboxylic acid groups (broad SMARTS) is 1. The van der Waals surface area contributed by atoms with E-state index in [0.29, 0.717) is 32.1 Å². The Kier molecular flexibility index (Phi) is 12.6. The van der Waals surface area contributed by atoms with Crippen LogP contribution in [0.3, 0.4) is 0 Å². The van der Waals surface area contributed by atoms with Crippen LogP contribution in [-0.4, -0.2) is 38.9 Å². The van der Waals surface area contributed by atoms with E-state index in [1.807, 2.05) is 0 Å². The van der Waals surface area contributed by atoms with Crippen molar-refractivity contribution in [3.8, 4) is 23.3 Å². The van der Waals surface area contributed by atoms with Gasteiger partial charge in [-0.3, -0.25) is 9.59 Å². The molecule has 0 aromatic heterocycles. The Balaban J connectivity index is 2.88. The van der Waals surface area contributed by atoms with Crippen LogP contribution in [0.2, 0.25) is 39.3 Å². The minimum atomic E-state index is -1.83. The summed E-state index contributed by atoms with van der Waals surface area (Å²) in [6.45, 7) is 15.6. The summed E-state index contributed by atoms with van der Waals surface area (Å²) in [7, 11) is -3.38. The second-order valence-electron chi connectivity index (χ2n) is 11.5. The molecule has 1 saturated carbocycles. The highest BCUT2D eigenvalue weighted by atomic mass is 28.4. The van der Waals surface area contributed by atoms with E-state index < -0.39 is 33.9 Å². The molecule has 0 radical (unpaired) electrons. The lowest BCUT2D eigenvalue weighted by molar-refractivity contribution is -0.146. The van der Waals surface area contributed by atoms with Crippen molar-refractivity contribution in [2.75, 3.05) is 0 Å². The fourth-order valence-electron chi connectivity index (χ4n) is 4.24. The molecule has 1 aliphatic carbocycles. The molecule has 34 heavy (non-hydrogen) atoms. The average molecular weight is 503 g/mol. The number of unbranched alkanes of at least 4 members (excludes halogenated alkanes) is 2. The summed E-state index contributed by atoms with van der Waals surface area (Å²) >= 11 is 0. The van der Waals surface area contributed by atoms with Crippen molar-refractivity contribution in [1.29, 1.82) is 0 Å². The summed E-state index contributed by atoms with van der Waals surface area (Å²) < 4.78 is 6.68. The quantitative estimate of drug-likeness (QED) is 0.137. The number of carboxylic acids is 1. The van der Waals surface area contributed by atoms with Crippen molar-refractivity contribution >= 4 is 28.1 Å². The van der Waals surface area contributed by atoms with E-state index in [9.17, 15) is 14.7 Å². The van der Waals surface area contributed by atoms with Gasteiger partial charge in [-0.05, 0) is 57.8 Å². The molecule has 190 valence electrons. The van der Waals surface area contributed by atoms with Crippen molar-refractivity contribution < 1.29 is 19.1 Å². The lowest BCUT2D eigenvalue weighted by atomic mass is 9.86. The van der Waals surface area contributed by atoms with E-state index in [1.54, 1.807) is 0 Å². The number of carbonyl (C=O) groups excluding carboxylic acids is 1. The highest BCUT2D eigenvalue weighted by Crippen LogP contribution is 2.31. The van der Waals surface area contributed by atoms with Gasteiger partial charge in [0.1, 0.15) is 19.5 Å². The van der Waals surface area contributed by atoms with Gasteiger partial charge in [-0.1, -0.05) is 57.3 Å². The molecule has 1 rings (SSSR count). The molecule has 0 amide bonds. The molecule has 1 fully saturated rings. The van der Waals surface area contributed by atoms with Gasteiger partial charge in [-0.15, -0.1) is 11.5 Å². The van der Waals surface area contributed by atoms with Crippen LogP contribution in [0.5, 0.6) is 0 Å². The number of hydrogen-bond donors (Lipinski definition) is 1. The SMILES string of the molecule is CCCCCC(C#C[Si](C)(C)C)(/C=C/CC#CCC[C@H](C(=O)O)[C@H]1CCCC1=O)O[Si](C)(C)C. The van der Waals surface area contributed by atoms with Crippen molar-refractivity contribution in [3.05, 3.63) is 12.2 Å². The Morgan fingerprint density at radius 2 is 1.91 bits per heavy atom. The smallest absolute Gasteiger partial charge is 0.307 e. The predicted molar refractivity (Wildman–Crippen MR) is 147 cm³/mol. The fraction of sp³-hybridized carbons (Fsp3) is 0.714. The number of hydrogen-bond acceptors (Lipinski definition) is 3. The maximum absolute atomic E-state index is 12.0. The summed E-state index contributed by atoms with van der Waals surface area (Å²) in [6.07, 6.45) is 12.0. The van der Waals surface area contributed by atoms with E-state index in [4.69, 9.17) is 4.43 Å². The van der Waals surface area contributed by atoms with Crippen molar-refractivity contribution in [3.63, 3.8) is 0 Å². The van der Waals surface area contributed by atoms with Crippen LogP contribution in [0.25, 0.3) is 0 Å². The van der Waals surface area contributed by atoms with Gasteiger partial charge in [-0.25, -0.2) is 0 Å². The van der Waals surface area contributed by atoms with Gasteiger partial charge >= 0.3 is 5.97 Å². The summed E-state index contributed by atoms with van der Waals surface area (Å²) in [6, 6.07) is 0. The Morgan fingerprint density at radius 1 is 1.21 bits per heavy atom. The van der Waals surface area contributed by atoms with Crippen LogP contribution < -0.4 is 0 Å². The average Bonchev–Trinajstić information content (AvgIpc) is 3.12. The molecule has 6 heteroatoms. The third-order valence-electron chi connectivity index (χ3n) is 5.76. The van der Waals surface area contributed by atoms with E-state index in [0.717, 1.165) is 32.1 Å². The first kappa shape index (κ1) is 30.4. The molecule has 1 unspecified atom stereocenters. The molecular weight excluding hydrogens is 456 g/mol. The lowest BCUT2D eigenvalue weighted by Gasteiger charge is -2.33. The highest BCUT2D eigenvalue weighted by molar-refractivity contribution is 6.83. The van der Waals surface area contributed by atoms with Gasteiger partial charge < -0.3 is 9.53 Å². The van der Waals surface area contributed by atoms with Crippen LogP contribution in [0.4, 0.5) is 0 Å². The Bertz CT molecular complexity index is 827. The molecule has 4 nitrogen and oxygen atoms in total. The second-order valence-corrected chi connectivity index (χ2v) is 20.6. The van der Waals surface area contributed by atoms with Crippen LogP contribution in [0.15, 0.2) is 12.2 Å². The lowest BCUT2D eigenvalue weighted by Crippen LogP contribution is -2.41. The summed E-state index contributed by atoms with van der Waals surface area (Å²) in [5.74, 6) is 8.12. The molecule has 0 aromatic rings. The molecule has 1 N–H and O–H groups in total. The van der Waals surface area contributed by atoms with Gasteiger partial charge in [0.05, 0.1) is 5.92 Å². The predicted octanol–water partition coefficient (Wildman–Crippen LogP) is 6.84. The minimum Gasteiger partial charge on any atom is -0.481 e. The van der Waals surface area contributed by atoms with Crippen molar-refractivity contribution in [1.82, 2.24) is 0 Å². The third-order valence-corrected chi connectivity index (χ3v) is 7.61. The molecule has 0 spiro atoms. The minimum absolute atomic E-state index is 0.101. The zero-order valence-electron chi connectivity index (χ0n) is 22.6. The number of rotatable bonds is 12. The summed E-state index contributed by atoms with van der Waals surface area (Å²) in [5.41, 5.74) is 2.99.